The van der Waals surface area contributed by atoms with Crippen molar-refractivity contribution in [3.8, 4) is 0 Å². The molecule has 3 amide bonds. The maximum Gasteiger partial charge on any atom is 0.323 e. The Kier molecular flexibility index (Phi) is 5.67. The molecular formula is C15H21N5O3. The van der Waals surface area contributed by atoms with Crippen LogP contribution < -0.4 is 16.1 Å². The van der Waals surface area contributed by atoms with Crippen LogP contribution >= 0.6 is 0 Å². The highest BCUT2D eigenvalue weighted by atomic mass is 16.2. The molecule has 1 heterocycles. The van der Waals surface area contributed by atoms with Crippen LogP contribution in [-0.4, -0.2) is 60.9 Å². The molecule has 1 aliphatic rings. The topological polar surface area (TPSA) is 93.8 Å². The standard InChI is InChI=1S/C15H21N5O3/c1-11(21)16-12-4-3-5-13(10-12)17-14(22)15(23)18-20-8-6-19(2)7-9-20/h3-5,10H,6-9H2,1-2H3,(H,16,21)(H,17,22)(H,18,23). The van der Waals surface area contributed by atoms with E-state index in [9.17, 15) is 14.4 Å². The Bertz CT molecular complexity index is 597. The van der Waals surface area contributed by atoms with Crippen molar-refractivity contribution >= 4 is 29.1 Å². The Labute approximate surface area is 134 Å². The normalized spacial score (nSPS) is 15.7. The van der Waals surface area contributed by atoms with Gasteiger partial charge in [-0.2, -0.15) is 0 Å². The third-order valence-corrected chi connectivity index (χ3v) is 3.41. The fraction of sp³-hybridized carbons (Fsp3) is 0.400. The molecule has 124 valence electrons. The van der Waals surface area contributed by atoms with Crippen LogP contribution in [0, 0.1) is 0 Å². The number of benzene rings is 1. The van der Waals surface area contributed by atoms with Crippen LogP contribution in [0.15, 0.2) is 24.3 Å². The van der Waals surface area contributed by atoms with E-state index in [2.05, 4.69) is 21.0 Å². The van der Waals surface area contributed by atoms with E-state index in [4.69, 9.17) is 0 Å². The molecule has 1 aromatic carbocycles. The zero-order valence-corrected chi connectivity index (χ0v) is 13.3. The monoisotopic (exact) mass is 319 g/mol. The molecule has 3 N–H and O–H groups in total. The van der Waals surface area contributed by atoms with E-state index in [-0.39, 0.29) is 5.91 Å². The molecule has 1 saturated heterocycles. The van der Waals surface area contributed by atoms with Crippen LogP contribution in [0.2, 0.25) is 0 Å². The van der Waals surface area contributed by atoms with Gasteiger partial charge in [0.25, 0.3) is 0 Å². The largest absolute Gasteiger partial charge is 0.326 e. The van der Waals surface area contributed by atoms with Gasteiger partial charge in [0.2, 0.25) is 5.91 Å². The van der Waals surface area contributed by atoms with Crippen molar-refractivity contribution in [1.29, 1.82) is 0 Å². The minimum Gasteiger partial charge on any atom is -0.326 e. The van der Waals surface area contributed by atoms with Gasteiger partial charge < -0.3 is 15.5 Å². The molecule has 0 bridgehead atoms. The highest BCUT2D eigenvalue weighted by Gasteiger charge is 2.20. The quantitative estimate of drug-likeness (QED) is 0.674. The van der Waals surface area contributed by atoms with Crippen LogP contribution in [0.1, 0.15) is 6.92 Å². The number of hydrazine groups is 1. The van der Waals surface area contributed by atoms with E-state index >= 15 is 0 Å². The summed E-state index contributed by atoms with van der Waals surface area (Å²) in [5, 5.41) is 6.86. The Balaban J connectivity index is 1.88. The summed E-state index contributed by atoms with van der Waals surface area (Å²) >= 11 is 0. The van der Waals surface area contributed by atoms with Crippen molar-refractivity contribution in [1.82, 2.24) is 15.3 Å². The molecule has 0 aromatic heterocycles. The van der Waals surface area contributed by atoms with E-state index in [1.165, 1.54) is 6.92 Å². The molecule has 0 aliphatic carbocycles. The molecule has 0 saturated carbocycles. The number of carbonyl (C=O) groups excluding carboxylic acids is 3. The minimum atomic E-state index is -0.746. The zero-order chi connectivity index (χ0) is 16.8. The van der Waals surface area contributed by atoms with Gasteiger partial charge in [-0.25, -0.2) is 5.01 Å². The third-order valence-electron chi connectivity index (χ3n) is 3.41. The van der Waals surface area contributed by atoms with Gasteiger partial charge in [-0.15, -0.1) is 0 Å². The van der Waals surface area contributed by atoms with Crippen molar-refractivity contribution in [3.63, 3.8) is 0 Å². The fourth-order valence-corrected chi connectivity index (χ4v) is 2.18. The van der Waals surface area contributed by atoms with E-state index in [1.807, 2.05) is 7.05 Å². The Morgan fingerprint density at radius 1 is 0.957 bits per heavy atom. The Morgan fingerprint density at radius 2 is 1.57 bits per heavy atom. The summed E-state index contributed by atoms with van der Waals surface area (Å²) in [5.74, 6) is -1.66. The van der Waals surface area contributed by atoms with Gasteiger partial charge in [0.15, 0.2) is 0 Å². The summed E-state index contributed by atoms with van der Waals surface area (Å²) in [4.78, 5) is 37.0. The number of hydrogen-bond donors (Lipinski definition) is 3. The van der Waals surface area contributed by atoms with E-state index in [1.54, 1.807) is 29.3 Å². The number of piperazine rings is 1. The van der Waals surface area contributed by atoms with Crippen LogP contribution in [0.4, 0.5) is 11.4 Å². The summed E-state index contributed by atoms with van der Waals surface area (Å²) in [6.45, 7) is 4.41. The lowest BCUT2D eigenvalue weighted by Gasteiger charge is -2.32. The van der Waals surface area contributed by atoms with Crippen LogP contribution in [0.25, 0.3) is 0 Å². The second-order valence-electron chi connectivity index (χ2n) is 5.45. The van der Waals surface area contributed by atoms with Gasteiger partial charge in [-0.1, -0.05) is 6.07 Å². The number of nitrogens with zero attached hydrogens (tertiary/aromatic N) is 2. The maximum absolute atomic E-state index is 11.9. The number of hydrogen-bond acceptors (Lipinski definition) is 5. The van der Waals surface area contributed by atoms with Gasteiger partial charge in [0.05, 0.1) is 0 Å². The number of carbonyl (C=O) groups is 3. The molecule has 8 heteroatoms. The molecule has 23 heavy (non-hydrogen) atoms. The number of amides is 3. The summed E-state index contributed by atoms with van der Waals surface area (Å²) in [7, 11) is 2.01. The van der Waals surface area contributed by atoms with Gasteiger partial charge in [-0.05, 0) is 25.2 Å². The molecule has 8 nitrogen and oxygen atoms in total. The lowest BCUT2D eigenvalue weighted by atomic mass is 10.2. The van der Waals surface area contributed by atoms with Crippen molar-refractivity contribution in [2.24, 2.45) is 0 Å². The van der Waals surface area contributed by atoms with Gasteiger partial charge >= 0.3 is 11.8 Å². The van der Waals surface area contributed by atoms with E-state index < -0.39 is 11.8 Å². The molecule has 0 radical (unpaired) electrons. The Hall–Kier alpha value is -2.45. The highest BCUT2D eigenvalue weighted by Crippen LogP contribution is 2.14. The van der Waals surface area contributed by atoms with Crippen LogP contribution in [0.5, 0.6) is 0 Å². The average Bonchev–Trinajstić information content (AvgIpc) is 2.49. The SMILES string of the molecule is CC(=O)Nc1cccc(NC(=O)C(=O)NN2CCN(C)CC2)c1. The number of rotatable bonds is 3. The molecule has 1 fully saturated rings. The van der Waals surface area contributed by atoms with Crippen molar-refractivity contribution in [3.05, 3.63) is 24.3 Å². The minimum absolute atomic E-state index is 0.207. The number of likely N-dealkylation sites (N-methyl/N-ethyl adjacent to an activating group) is 1. The molecule has 0 spiro atoms. The van der Waals surface area contributed by atoms with Gasteiger partial charge in [0, 0.05) is 44.5 Å². The van der Waals surface area contributed by atoms with Crippen LogP contribution in [0.3, 0.4) is 0 Å². The molecule has 1 aromatic rings. The lowest BCUT2D eigenvalue weighted by molar-refractivity contribution is -0.139. The molecule has 2 rings (SSSR count). The average molecular weight is 319 g/mol. The molecule has 0 atom stereocenters. The van der Waals surface area contributed by atoms with E-state index in [0.717, 1.165) is 13.1 Å². The lowest BCUT2D eigenvalue weighted by Crippen LogP contribution is -2.54. The maximum atomic E-state index is 11.9. The molecule has 1 aliphatic heterocycles. The second-order valence-corrected chi connectivity index (χ2v) is 5.45. The Morgan fingerprint density at radius 3 is 2.17 bits per heavy atom. The predicted molar refractivity (Wildman–Crippen MR) is 86.6 cm³/mol. The summed E-state index contributed by atoms with van der Waals surface area (Å²) < 4.78 is 0. The van der Waals surface area contributed by atoms with Crippen LogP contribution in [-0.2, 0) is 14.4 Å². The molecule has 0 unspecified atom stereocenters. The second kappa shape index (κ2) is 7.70. The predicted octanol–water partition coefficient (Wildman–Crippen LogP) is -0.138. The summed E-state index contributed by atoms with van der Waals surface area (Å²) in [5.41, 5.74) is 3.58. The highest BCUT2D eigenvalue weighted by molar-refractivity contribution is 6.39. The smallest absolute Gasteiger partial charge is 0.323 e. The van der Waals surface area contributed by atoms with Crippen molar-refractivity contribution < 1.29 is 14.4 Å². The zero-order valence-electron chi connectivity index (χ0n) is 13.3. The number of nitrogens with one attached hydrogen (secondary N) is 3. The van der Waals surface area contributed by atoms with Crippen molar-refractivity contribution in [2.75, 3.05) is 43.9 Å². The first-order valence-corrected chi connectivity index (χ1v) is 7.37. The van der Waals surface area contributed by atoms with Crippen molar-refractivity contribution in [2.45, 2.75) is 6.92 Å². The fourth-order valence-electron chi connectivity index (χ4n) is 2.18. The first-order chi connectivity index (χ1) is 10.9. The number of anilines is 2. The van der Waals surface area contributed by atoms with E-state index in [0.29, 0.717) is 24.5 Å². The first-order valence-electron chi connectivity index (χ1n) is 7.37. The third kappa shape index (κ3) is 5.35. The molecular weight excluding hydrogens is 298 g/mol. The summed E-state index contributed by atoms with van der Waals surface area (Å²) in [6.07, 6.45) is 0. The summed E-state index contributed by atoms with van der Waals surface area (Å²) in [6, 6.07) is 6.61. The first kappa shape index (κ1) is 16.9. The van der Waals surface area contributed by atoms with Gasteiger partial charge in [-0.3, -0.25) is 19.8 Å². The van der Waals surface area contributed by atoms with Gasteiger partial charge in [0.1, 0.15) is 0 Å².